The Balaban J connectivity index is 1.79. The minimum atomic E-state index is -0.310. The minimum absolute atomic E-state index is 0.0658. The molecule has 0 bridgehead atoms. The third-order valence-corrected chi connectivity index (χ3v) is 3.80. The van der Waals surface area contributed by atoms with E-state index in [2.05, 4.69) is 0 Å². The molecule has 2 aromatic carbocycles. The molecule has 0 unspecified atom stereocenters. The molecule has 1 aliphatic heterocycles. The van der Waals surface area contributed by atoms with E-state index in [4.69, 9.17) is 9.47 Å². The molecule has 6 heteroatoms. The molecule has 0 aromatic heterocycles. The van der Waals surface area contributed by atoms with Crippen LogP contribution in [-0.4, -0.2) is 30.0 Å². The second-order valence-electron chi connectivity index (χ2n) is 5.47. The predicted octanol–water partition coefficient (Wildman–Crippen LogP) is 2.81. The summed E-state index contributed by atoms with van der Waals surface area (Å²) < 4.78 is 10.4. The van der Waals surface area contributed by atoms with Crippen LogP contribution in [0, 0.1) is 6.92 Å². The zero-order valence-electron chi connectivity index (χ0n) is 13.3. The molecule has 3 rings (SSSR count). The zero-order chi connectivity index (χ0) is 17.3. The molecule has 0 spiro atoms. The number of amides is 1. The Morgan fingerprint density at radius 2 is 1.83 bits per heavy atom. The van der Waals surface area contributed by atoms with Crippen LogP contribution in [0.25, 0.3) is 6.08 Å². The molecule has 6 nitrogen and oxygen atoms in total. The van der Waals surface area contributed by atoms with Crippen molar-refractivity contribution < 1.29 is 24.5 Å². The van der Waals surface area contributed by atoms with Gasteiger partial charge in [0.15, 0.2) is 11.5 Å². The van der Waals surface area contributed by atoms with Gasteiger partial charge in [0.25, 0.3) is 5.91 Å². The second kappa shape index (κ2) is 6.16. The smallest absolute Gasteiger partial charge is 0.250 e. The number of likely N-dealkylation sites (N-methyl/N-ethyl adjacent to an activating group) is 1. The van der Waals surface area contributed by atoms with Gasteiger partial charge in [0, 0.05) is 25.3 Å². The maximum atomic E-state index is 12.3. The van der Waals surface area contributed by atoms with E-state index in [-0.39, 0.29) is 24.2 Å². The normalized spacial score (nSPS) is 12.6. The molecule has 0 saturated heterocycles. The molecule has 2 N–H and O–H groups in total. The Bertz CT molecular complexity index is 828. The SMILES string of the molecule is Cc1cc(C=CC(=O)N(C)c2cc3c(cc2O)OCO3)ccc1O. The van der Waals surface area contributed by atoms with E-state index in [0.717, 1.165) is 11.1 Å². The van der Waals surface area contributed by atoms with E-state index in [1.807, 2.05) is 0 Å². The summed E-state index contributed by atoms with van der Waals surface area (Å²) in [5.41, 5.74) is 1.85. The van der Waals surface area contributed by atoms with Crippen LogP contribution in [0.1, 0.15) is 11.1 Å². The number of hydrogen-bond donors (Lipinski definition) is 2. The van der Waals surface area contributed by atoms with Gasteiger partial charge in [-0.15, -0.1) is 0 Å². The summed E-state index contributed by atoms with van der Waals surface area (Å²) in [6.45, 7) is 1.88. The first-order valence-electron chi connectivity index (χ1n) is 7.33. The average molecular weight is 327 g/mol. The van der Waals surface area contributed by atoms with Crippen LogP contribution >= 0.6 is 0 Å². The van der Waals surface area contributed by atoms with Gasteiger partial charge in [-0.2, -0.15) is 0 Å². The van der Waals surface area contributed by atoms with Crippen molar-refractivity contribution in [3.63, 3.8) is 0 Å². The Kier molecular flexibility index (Phi) is 4.04. The molecule has 24 heavy (non-hydrogen) atoms. The molecule has 124 valence electrons. The van der Waals surface area contributed by atoms with Crippen LogP contribution < -0.4 is 14.4 Å². The van der Waals surface area contributed by atoms with Gasteiger partial charge < -0.3 is 24.6 Å². The molecular weight excluding hydrogens is 310 g/mol. The summed E-state index contributed by atoms with van der Waals surface area (Å²) in [6, 6.07) is 8.05. The number of phenolic OH excluding ortho intramolecular Hbond substituents is 2. The maximum Gasteiger partial charge on any atom is 0.250 e. The average Bonchev–Trinajstić information content (AvgIpc) is 3.01. The predicted molar refractivity (Wildman–Crippen MR) is 89.5 cm³/mol. The van der Waals surface area contributed by atoms with Gasteiger partial charge in [-0.25, -0.2) is 0 Å². The molecule has 0 saturated carbocycles. The van der Waals surface area contributed by atoms with Crippen molar-refractivity contribution in [1.82, 2.24) is 0 Å². The first-order chi connectivity index (χ1) is 11.5. The topological polar surface area (TPSA) is 79.2 Å². The Morgan fingerprint density at radius 3 is 2.54 bits per heavy atom. The van der Waals surface area contributed by atoms with E-state index in [1.54, 1.807) is 44.3 Å². The number of hydrogen-bond acceptors (Lipinski definition) is 5. The van der Waals surface area contributed by atoms with Gasteiger partial charge in [0.05, 0.1) is 5.69 Å². The third-order valence-electron chi connectivity index (χ3n) is 3.80. The number of phenols is 2. The van der Waals surface area contributed by atoms with Gasteiger partial charge in [-0.3, -0.25) is 4.79 Å². The lowest BCUT2D eigenvalue weighted by molar-refractivity contribution is -0.113. The minimum Gasteiger partial charge on any atom is -0.508 e. The van der Waals surface area contributed by atoms with Crippen molar-refractivity contribution in [2.24, 2.45) is 0 Å². The molecule has 0 radical (unpaired) electrons. The molecule has 1 amide bonds. The van der Waals surface area contributed by atoms with Crippen LogP contribution in [0.3, 0.4) is 0 Å². The van der Waals surface area contributed by atoms with Crippen molar-refractivity contribution in [2.75, 3.05) is 18.7 Å². The van der Waals surface area contributed by atoms with Crippen molar-refractivity contribution in [2.45, 2.75) is 6.92 Å². The number of carbonyl (C=O) groups is 1. The first-order valence-corrected chi connectivity index (χ1v) is 7.33. The Labute approximate surface area is 139 Å². The molecule has 2 aromatic rings. The summed E-state index contributed by atoms with van der Waals surface area (Å²) >= 11 is 0. The second-order valence-corrected chi connectivity index (χ2v) is 5.47. The summed E-state index contributed by atoms with van der Waals surface area (Å²) in [7, 11) is 1.56. The van der Waals surface area contributed by atoms with Gasteiger partial charge in [-0.1, -0.05) is 6.07 Å². The highest BCUT2D eigenvalue weighted by atomic mass is 16.7. The summed E-state index contributed by atoms with van der Waals surface area (Å²) in [6.07, 6.45) is 3.05. The van der Waals surface area contributed by atoms with Crippen molar-refractivity contribution in [3.8, 4) is 23.0 Å². The van der Waals surface area contributed by atoms with Gasteiger partial charge in [0.2, 0.25) is 6.79 Å². The van der Waals surface area contributed by atoms with E-state index < -0.39 is 0 Å². The molecule has 0 atom stereocenters. The lowest BCUT2D eigenvalue weighted by atomic mass is 10.1. The van der Waals surface area contributed by atoms with Gasteiger partial charge >= 0.3 is 0 Å². The Hall–Kier alpha value is -3.15. The van der Waals surface area contributed by atoms with Crippen molar-refractivity contribution in [3.05, 3.63) is 47.5 Å². The number of anilines is 1. The Morgan fingerprint density at radius 1 is 1.12 bits per heavy atom. The maximum absolute atomic E-state index is 12.3. The van der Waals surface area contributed by atoms with Crippen LogP contribution in [0.4, 0.5) is 5.69 Å². The van der Waals surface area contributed by atoms with Crippen LogP contribution in [0.2, 0.25) is 0 Å². The number of carbonyl (C=O) groups excluding carboxylic acids is 1. The number of fused-ring (bicyclic) bond motifs is 1. The molecule has 1 heterocycles. The number of aryl methyl sites for hydroxylation is 1. The highest BCUT2D eigenvalue weighted by Crippen LogP contribution is 2.41. The number of nitrogens with zero attached hydrogens (tertiary/aromatic N) is 1. The van der Waals surface area contributed by atoms with E-state index in [0.29, 0.717) is 17.2 Å². The fourth-order valence-corrected chi connectivity index (χ4v) is 2.37. The molecule has 0 fully saturated rings. The number of benzene rings is 2. The highest BCUT2D eigenvalue weighted by molar-refractivity contribution is 6.04. The monoisotopic (exact) mass is 327 g/mol. The molecule has 0 aliphatic carbocycles. The fraction of sp³-hybridized carbons (Fsp3) is 0.167. The lowest BCUT2D eigenvalue weighted by Gasteiger charge is -2.17. The molecular formula is C18H17NO5. The largest absolute Gasteiger partial charge is 0.508 e. The number of aromatic hydroxyl groups is 2. The number of ether oxygens (including phenoxy) is 2. The molecule has 1 aliphatic rings. The fourth-order valence-electron chi connectivity index (χ4n) is 2.37. The van der Waals surface area contributed by atoms with E-state index in [1.165, 1.54) is 17.0 Å². The standard InChI is InChI=1S/C18H17NO5/c1-11-7-12(3-5-14(11)20)4-6-18(22)19(2)13-8-16-17(9-15(13)21)24-10-23-16/h3-9,20-21H,10H2,1-2H3. The van der Waals surface area contributed by atoms with Gasteiger partial charge in [0.1, 0.15) is 11.5 Å². The zero-order valence-corrected chi connectivity index (χ0v) is 13.3. The highest BCUT2D eigenvalue weighted by Gasteiger charge is 2.20. The lowest BCUT2D eigenvalue weighted by Crippen LogP contribution is -2.24. The van der Waals surface area contributed by atoms with Gasteiger partial charge in [-0.05, 0) is 36.3 Å². The van der Waals surface area contributed by atoms with Crippen LogP contribution in [-0.2, 0) is 4.79 Å². The quantitative estimate of drug-likeness (QED) is 0.848. The van der Waals surface area contributed by atoms with Crippen LogP contribution in [0.5, 0.6) is 23.0 Å². The third kappa shape index (κ3) is 2.99. The summed E-state index contributed by atoms with van der Waals surface area (Å²) in [5.74, 6) is 0.771. The summed E-state index contributed by atoms with van der Waals surface area (Å²) in [5, 5.41) is 19.6. The summed E-state index contributed by atoms with van der Waals surface area (Å²) in [4.78, 5) is 13.6. The van der Waals surface area contributed by atoms with E-state index in [9.17, 15) is 15.0 Å². The van der Waals surface area contributed by atoms with E-state index >= 15 is 0 Å². The first kappa shape index (κ1) is 15.7. The van der Waals surface area contributed by atoms with Crippen molar-refractivity contribution in [1.29, 1.82) is 0 Å². The number of rotatable bonds is 3. The van der Waals surface area contributed by atoms with Crippen molar-refractivity contribution >= 4 is 17.7 Å². The van der Waals surface area contributed by atoms with Crippen LogP contribution in [0.15, 0.2) is 36.4 Å².